The van der Waals surface area contributed by atoms with Crippen molar-refractivity contribution in [2.24, 2.45) is 0 Å². The third-order valence-corrected chi connectivity index (χ3v) is 5.00. The van der Waals surface area contributed by atoms with E-state index in [0.29, 0.717) is 0 Å². The zero-order chi connectivity index (χ0) is 17.4. The molecular formula is C23H31N. The number of benzene rings is 2. The molecule has 0 amide bonds. The van der Waals surface area contributed by atoms with Crippen LogP contribution in [-0.4, -0.2) is 0 Å². The minimum absolute atomic E-state index is 0.936. The predicted molar refractivity (Wildman–Crippen MR) is 104 cm³/mol. The zero-order valence-electron chi connectivity index (χ0n) is 15.6. The maximum atomic E-state index is 9.88. The molecule has 0 aliphatic carbocycles. The van der Waals surface area contributed by atoms with E-state index >= 15 is 0 Å². The molecule has 0 atom stereocenters. The fourth-order valence-corrected chi connectivity index (χ4v) is 3.67. The predicted octanol–water partition coefficient (Wildman–Crippen LogP) is 6.74. The minimum atomic E-state index is 0.936. The van der Waals surface area contributed by atoms with E-state index in [2.05, 4.69) is 51.1 Å². The van der Waals surface area contributed by atoms with Gasteiger partial charge in [-0.05, 0) is 60.6 Å². The molecule has 128 valence electrons. The molecule has 0 aliphatic rings. The molecule has 0 bridgehead atoms. The van der Waals surface area contributed by atoms with Gasteiger partial charge in [-0.15, -0.1) is 0 Å². The highest BCUT2D eigenvalue weighted by molar-refractivity contribution is 5.93. The topological polar surface area (TPSA) is 23.8 Å². The van der Waals surface area contributed by atoms with E-state index in [0.717, 1.165) is 30.2 Å². The van der Waals surface area contributed by atoms with E-state index in [-0.39, 0.29) is 0 Å². The van der Waals surface area contributed by atoms with Gasteiger partial charge in [0.15, 0.2) is 0 Å². The Kier molecular flexibility index (Phi) is 7.32. The number of rotatable bonds is 9. The summed E-state index contributed by atoms with van der Waals surface area (Å²) >= 11 is 0. The number of unbranched alkanes of at least 4 members (excludes halogenated alkanes) is 3. The number of nitrogens with zero attached hydrogens (tertiary/aromatic N) is 1. The second-order valence-corrected chi connectivity index (χ2v) is 6.78. The van der Waals surface area contributed by atoms with Gasteiger partial charge in [0.25, 0.3) is 0 Å². The van der Waals surface area contributed by atoms with Crippen LogP contribution in [0.1, 0.15) is 81.5 Å². The standard InChI is InChI=1S/C23H31N/c1-4-7-12-18-19(13-8-5-2)21(14-9-6-3)23(17-24)22-16-11-10-15-20(18)22/h10-11,15-16H,4-9,12-14H2,1-3H3. The molecule has 0 N–H and O–H groups in total. The molecule has 2 aromatic carbocycles. The quantitative estimate of drug-likeness (QED) is 0.501. The average Bonchev–Trinajstić information content (AvgIpc) is 2.62. The Morgan fingerprint density at radius 3 is 1.75 bits per heavy atom. The molecule has 0 aliphatic heterocycles. The number of aryl methyl sites for hydroxylation is 1. The molecule has 24 heavy (non-hydrogen) atoms. The van der Waals surface area contributed by atoms with E-state index < -0.39 is 0 Å². The Morgan fingerprint density at radius 1 is 0.708 bits per heavy atom. The highest BCUT2D eigenvalue weighted by Crippen LogP contribution is 2.33. The summed E-state index contributed by atoms with van der Waals surface area (Å²) in [6.45, 7) is 6.75. The third kappa shape index (κ3) is 3.99. The van der Waals surface area contributed by atoms with Gasteiger partial charge in [0.05, 0.1) is 5.56 Å². The number of hydrogen-bond acceptors (Lipinski definition) is 1. The van der Waals surface area contributed by atoms with Crippen LogP contribution in [0.5, 0.6) is 0 Å². The van der Waals surface area contributed by atoms with Crippen LogP contribution in [0.15, 0.2) is 24.3 Å². The van der Waals surface area contributed by atoms with Crippen molar-refractivity contribution >= 4 is 10.8 Å². The van der Waals surface area contributed by atoms with Crippen LogP contribution in [0.3, 0.4) is 0 Å². The smallest absolute Gasteiger partial charge is 0.100 e. The summed E-state index contributed by atoms with van der Waals surface area (Å²) in [5.41, 5.74) is 5.29. The summed E-state index contributed by atoms with van der Waals surface area (Å²) < 4.78 is 0. The normalized spacial score (nSPS) is 10.9. The number of nitriles is 1. The van der Waals surface area contributed by atoms with Gasteiger partial charge < -0.3 is 0 Å². The molecule has 0 fully saturated rings. The van der Waals surface area contributed by atoms with Crippen LogP contribution in [0.2, 0.25) is 0 Å². The first-order valence-electron chi connectivity index (χ1n) is 9.73. The molecule has 0 saturated heterocycles. The summed E-state index contributed by atoms with van der Waals surface area (Å²) in [5.74, 6) is 0. The van der Waals surface area contributed by atoms with E-state index in [1.165, 1.54) is 60.6 Å². The Hall–Kier alpha value is -1.81. The van der Waals surface area contributed by atoms with Gasteiger partial charge in [0.2, 0.25) is 0 Å². The van der Waals surface area contributed by atoms with Crippen molar-refractivity contribution in [2.45, 2.75) is 78.6 Å². The summed E-state index contributed by atoms with van der Waals surface area (Å²) in [6, 6.07) is 11.1. The summed E-state index contributed by atoms with van der Waals surface area (Å²) in [6.07, 6.45) is 10.5. The Labute approximate surface area is 147 Å². The monoisotopic (exact) mass is 321 g/mol. The number of fused-ring (bicyclic) bond motifs is 1. The molecule has 0 heterocycles. The van der Waals surface area contributed by atoms with Crippen molar-refractivity contribution in [2.75, 3.05) is 0 Å². The first-order chi connectivity index (χ1) is 11.8. The van der Waals surface area contributed by atoms with E-state index in [9.17, 15) is 5.26 Å². The Balaban J connectivity index is 2.72. The van der Waals surface area contributed by atoms with E-state index in [1.54, 1.807) is 0 Å². The zero-order valence-corrected chi connectivity index (χ0v) is 15.6. The summed E-state index contributed by atoms with van der Waals surface area (Å²) in [5, 5.41) is 12.4. The van der Waals surface area contributed by atoms with Gasteiger partial charge in [-0.1, -0.05) is 64.3 Å². The lowest BCUT2D eigenvalue weighted by atomic mass is 9.83. The lowest BCUT2D eigenvalue weighted by Gasteiger charge is -2.20. The van der Waals surface area contributed by atoms with Crippen LogP contribution in [0.25, 0.3) is 10.8 Å². The van der Waals surface area contributed by atoms with Gasteiger partial charge >= 0.3 is 0 Å². The summed E-state index contributed by atoms with van der Waals surface area (Å²) in [7, 11) is 0. The van der Waals surface area contributed by atoms with Gasteiger partial charge in [0.1, 0.15) is 6.07 Å². The molecule has 1 nitrogen and oxygen atoms in total. The fourth-order valence-electron chi connectivity index (χ4n) is 3.67. The van der Waals surface area contributed by atoms with Crippen molar-refractivity contribution in [1.82, 2.24) is 0 Å². The van der Waals surface area contributed by atoms with Crippen molar-refractivity contribution in [3.63, 3.8) is 0 Å². The second-order valence-electron chi connectivity index (χ2n) is 6.78. The molecule has 2 rings (SSSR count). The van der Waals surface area contributed by atoms with Gasteiger partial charge in [-0.25, -0.2) is 0 Å². The minimum Gasteiger partial charge on any atom is -0.192 e. The molecule has 0 radical (unpaired) electrons. The molecule has 1 heteroatoms. The molecule has 0 spiro atoms. The second kappa shape index (κ2) is 9.48. The van der Waals surface area contributed by atoms with Crippen LogP contribution in [0, 0.1) is 11.3 Å². The molecule has 2 aromatic rings. The van der Waals surface area contributed by atoms with Crippen molar-refractivity contribution < 1.29 is 0 Å². The van der Waals surface area contributed by atoms with Gasteiger partial charge in [0, 0.05) is 5.39 Å². The van der Waals surface area contributed by atoms with Gasteiger partial charge in [-0.3, -0.25) is 0 Å². The highest BCUT2D eigenvalue weighted by atomic mass is 14.3. The van der Waals surface area contributed by atoms with Gasteiger partial charge in [-0.2, -0.15) is 5.26 Å². The Bertz CT molecular complexity index is 706. The molecular weight excluding hydrogens is 290 g/mol. The fraction of sp³-hybridized carbons (Fsp3) is 0.522. The number of hydrogen-bond donors (Lipinski definition) is 0. The lowest BCUT2D eigenvalue weighted by Crippen LogP contribution is -2.06. The largest absolute Gasteiger partial charge is 0.192 e. The highest BCUT2D eigenvalue weighted by Gasteiger charge is 2.18. The van der Waals surface area contributed by atoms with Crippen molar-refractivity contribution in [3.8, 4) is 6.07 Å². The Morgan fingerprint density at radius 2 is 1.21 bits per heavy atom. The van der Waals surface area contributed by atoms with Crippen molar-refractivity contribution in [3.05, 3.63) is 46.5 Å². The SMILES string of the molecule is CCCCc1c(CCCC)c(CCCC)c2ccccc2c1C#N. The molecule has 0 aromatic heterocycles. The van der Waals surface area contributed by atoms with E-state index in [4.69, 9.17) is 0 Å². The van der Waals surface area contributed by atoms with Crippen LogP contribution in [0.4, 0.5) is 0 Å². The lowest BCUT2D eigenvalue weighted by molar-refractivity contribution is 0.737. The summed E-state index contributed by atoms with van der Waals surface area (Å²) in [4.78, 5) is 0. The molecule has 0 saturated carbocycles. The average molecular weight is 322 g/mol. The first kappa shape index (κ1) is 18.5. The maximum Gasteiger partial charge on any atom is 0.100 e. The van der Waals surface area contributed by atoms with Crippen LogP contribution >= 0.6 is 0 Å². The van der Waals surface area contributed by atoms with E-state index in [1.807, 2.05) is 0 Å². The molecule has 0 unspecified atom stereocenters. The van der Waals surface area contributed by atoms with Crippen molar-refractivity contribution in [1.29, 1.82) is 5.26 Å². The van der Waals surface area contributed by atoms with Crippen LogP contribution < -0.4 is 0 Å². The maximum absolute atomic E-state index is 9.88. The first-order valence-corrected chi connectivity index (χ1v) is 9.73. The third-order valence-electron chi connectivity index (χ3n) is 5.00. The van der Waals surface area contributed by atoms with Crippen LogP contribution in [-0.2, 0) is 19.3 Å².